The van der Waals surface area contributed by atoms with Gasteiger partial charge >= 0.3 is 0 Å². The Bertz CT molecular complexity index is 422. The molecule has 1 heterocycles. The normalized spacial score (nSPS) is 25.6. The molecule has 0 saturated heterocycles. The Kier molecular flexibility index (Phi) is 4.84. The molecule has 0 spiro atoms. The zero-order valence-corrected chi connectivity index (χ0v) is 13.6. The maximum atomic E-state index is 5.39. The Morgan fingerprint density at radius 3 is 2.70 bits per heavy atom. The SMILES string of the molecule is CC1CCCC(CNC(C)c2nc(C(C)(C)C)no2)C1. The predicted octanol–water partition coefficient (Wildman–Crippen LogP) is 3.84. The molecule has 3 unspecified atom stereocenters. The van der Waals surface area contributed by atoms with Crippen LogP contribution in [0.3, 0.4) is 0 Å². The zero-order chi connectivity index (χ0) is 14.8. The Hall–Kier alpha value is -0.900. The molecule has 4 nitrogen and oxygen atoms in total. The second kappa shape index (κ2) is 6.25. The molecular weight excluding hydrogens is 250 g/mol. The molecule has 4 heteroatoms. The highest BCUT2D eigenvalue weighted by Gasteiger charge is 2.24. The lowest BCUT2D eigenvalue weighted by molar-refractivity contribution is 0.258. The Morgan fingerprint density at radius 2 is 2.10 bits per heavy atom. The van der Waals surface area contributed by atoms with Gasteiger partial charge in [0.05, 0.1) is 6.04 Å². The first kappa shape index (κ1) is 15.5. The summed E-state index contributed by atoms with van der Waals surface area (Å²) in [5.41, 5.74) is -0.0553. The Balaban J connectivity index is 1.85. The molecule has 114 valence electrons. The van der Waals surface area contributed by atoms with Gasteiger partial charge in [0.15, 0.2) is 5.82 Å². The molecule has 3 atom stereocenters. The van der Waals surface area contributed by atoms with E-state index >= 15 is 0 Å². The van der Waals surface area contributed by atoms with Gasteiger partial charge in [0.1, 0.15) is 0 Å². The van der Waals surface area contributed by atoms with Crippen LogP contribution in [-0.2, 0) is 5.41 Å². The summed E-state index contributed by atoms with van der Waals surface area (Å²) in [6, 6.07) is 0.135. The zero-order valence-electron chi connectivity index (χ0n) is 13.6. The summed E-state index contributed by atoms with van der Waals surface area (Å²) in [6.45, 7) is 11.8. The highest BCUT2D eigenvalue weighted by atomic mass is 16.5. The number of aromatic nitrogens is 2. The van der Waals surface area contributed by atoms with Crippen LogP contribution < -0.4 is 5.32 Å². The predicted molar refractivity (Wildman–Crippen MR) is 80.5 cm³/mol. The minimum absolute atomic E-state index is 0.0553. The molecule has 0 aliphatic heterocycles. The van der Waals surface area contributed by atoms with E-state index in [-0.39, 0.29) is 11.5 Å². The third kappa shape index (κ3) is 4.05. The molecule has 1 N–H and O–H groups in total. The average molecular weight is 279 g/mol. The van der Waals surface area contributed by atoms with E-state index < -0.39 is 0 Å². The number of hydrogen-bond acceptors (Lipinski definition) is 4. The third-order valence-electron chi connectivity index (χ3n) is 4.24. The molecule has 0 radical (unpaired) electrons. The largest absolute Gasteiger partial charge is 0.338 e. The maximum absolute atomic E-state index is 5.39. The van der Waals surface area contributed by atoms with Crippen LogP contribution in [0.2, 0.25) is 0 Å². The summed E-state index contributed by atoms with van der Waals surface area (Å²) in [5, 5.41) is 7.65. The molecule has 0 amide bonds. The first-order chi connectivity index (χ1) is 9.36. The minimum Gasteiger partial charge on any atom is -0.338 e. The van der Waals surface area contributed by atoms with Crippen LogP contribution in [0.4, 0.5) is 0 Å². The van der Waals surface area contributed by atoms with Gasteiger partial charge in [-0.05, 0) is 38.1 Å². The van der Waals surface area contributed by atoms with Crippen LogP contribution in [0.15, 0.2) is 4.52 Å². The second-order valence-corrected chi connectivity index (χ2v) is 7.47. The average Bonchev–Trinajstić information content (AvgIpc) is 2.85. The summed E-state index contributed by atoms with van der Waals surface area (Å²) < 4.78 is 5.39. The third-order valence-corrected chi connectivity index (χ3v) is 4.24. The summed E-state index contributed by atoms with van der Waals surface area (Å²) in [4.78, 5) is 4.52. The molecule has 1 aromatic heterocycles. The van der Waals surface area contributed by atoms with Crippen molar-refractivity contribution in [3.63, 3.8) is 0 Å². The van der Waals surface area contributed by atoms with Crippen molar-refractivity contribution in [1.29, 1.82) is 0 Å². The van der Waals surface area contributed by atoms with Crippen LogP contribution in [-0.4, -0.2) is 16.7 Å². The minimum atomic E-state index is -0.0553. The second-order valence-electron chi connectivity index (χ2n) is 7.47. The molecule has 1 aliphatic carbocycles. The number of rotatable bonds is 4. The Morgan fingerprint density at radius 1 is 1.35 bits per heavy atom. The number of nitrogens with zero attached hydrogens (tertiary/aromatic N) is 2. The van der Waals surface area contributed by atoms with Crippen molar-refractivity contribution in [3.05, 3.63) is 11.7 Å². The quantitative estimate of drug-likeness (QED) is 0.909. The van der Waals surface area contributed by atoms with E-state index in [9.17, 15) is 0 Å². The number of hydrogen-bond donors (Lipinski definition) is 1. The highest BCUT2D eigenvalue weighted by Crippen LogP contribution is 2.28. The van der Waals surface area contributed by atoms with E-state index in [1.54, 1.807) is 0 Å². The first-order valence-electron chi connectivity index (χ1n) is 7.93. The van der Waals surface area contributed by atoms with Crippen molar-refractivity contribution in [2.75, 3.05) is 6.54 Å². The van der Waals surface area contributed by atoms with Gasteiger partial charge in [0.2, 0.25) is 5.89 Å². The van der Waals surface area contributed by atoms with E-state index in [0.29, 0.717) is 5.89 Å². The van der Waals surface area contributed by atoms with Crippen molar-refractivity contribution >= 4 is 0 Å². The molecule has 1 aromatic rings. The molecule has 0 aromatic carbocycles. The molecular formula is C16H29N3O. The summed E-state index contributed by atoms with van der Waals surface area (Å²) in [6.07, 6.45) is 5.46. The van der Waals surface area contributed by atoms with Gasteiger partial charge in [0.25, 0.3) is 0 Å². The number of nitrogens with one attached hydrogen (secondary N) is 1. The van der Waals surface area contributed by atoms with E-state index in [1.807, 2.05) is 0 Å². The van der Waals surface area contributed by atoms with Crippen molar-refractivity contribution < 1.29 is 4.52 Å². The van der Waals surface area contributed by atoms with E-state index in [2.05, 4.69) is 50.1 Å². The van der Waals surface area contributed by atoms with Gasteiger partial charge in [0, 0.05) is 5.41 Å². The Labute approximate surface area is 122 Å². The van der Waals surface area contributed by atoms with Crippen molar-refractivity contribution in [3.8, 4) is 0 Å². The lowest BCUT2D eigenvalue weighted by atomic mass is 9.82. The van der Waals surface area contributed by atoms with E-state index in [1.165, 1.54) is 25.7 Å². The maximum Gasteiger partial charge on any atom is 0.243 e. The fourth-order valence-electron chi connectivity index (χ4n) is 2.89. The highest BCUT2D eigenvalue weighted by molar-refractivity contribution is 5.01. The van der Waals surface area contributed by atoms with Gasteiger partial charge in [-0.2, -0.15) is 4.98 Å². The smallest absolute Gasteiger partial charge is 0.243 e. The molecule has 1 fully saturated rings. The molecule has 0 bridgehead atoms. The van der Waals surface area contributed by atoms with E-state index in [4.69, 9.17) is 4.52 Å². The molecule has 1 saturated carbocycles. The van der Waals surface area contributed by atoms with Gasteiger partial charge < -0.3 is 9.84 Å². The molecule has 20 heavy (non-hydrogen) atoms. The lowest BCUT2D eigenvalue weighted by Gasteiger charge is -2.27. The monoisotopic (exact) mass is 279 g/mol. The summed E-state index contributed by atoms with van der Waals surface area (Å²) in [7, 11) is 0. The molecule has 2 rings (SSSR count). The van der Waals surface area contributed by atoms with Crippen LogP contribution >= 0.6 is 0 Å². The van der Waals surface area contributed by atoms with Crippen LogP contribution in [0.1, 0.15) is 78.1 Å². The van der Waals surface area contributed by atoms with Crippen molar-refractivity contribution in [2.45, 2.75) is 71.8 Å². The van der Waals surface area contributed by atoms with Crippen LogP contribution in [0.25, 0.3) is 0 Å². The molecule has 1 aliphatic rings. The van der Waals surface area contributed by atoms with Gasteiger partial charge in [-0.15, -0.1) is 0 Å². The summed E-state index contributed by atoms with van der Waals surface area (Å²) in [5.74, 6) is 3.17. The lowest BCUT2D eigenvalue weighted by Crippen LogP contribution is -2.29. The van der Waals surface area contributed by atoms with E-state index in [0.717, 1.165) is 24.2 Å². The van der Waals surface area contributed by atoms with Crippen LogP contribution in [0.5, 0.6) is 0 Å². The van der Waals surface area contributed by atoms with Gasteiger partial charge in [-0.1, -0.05) is 45.7 Å². The fourth-order valence-corrected chi connectivity index (χ4v) is 2.89. The van der Waals surface area contributed by atoms with Crippen LogP contribution in [0, 0.1) is 11.8 Å². The first-order valence-corrected chi connectivity index (χ1v) is 7.93. The van der Waals surface area contributed by atoms with Gasteiger partial charge in [-0.25, -0.2) is 0 Å². The fraction of sp³-hybridized carbons (Fsp3) is 0.875. The van der Waals surface area contributed by atoms with Crippen molar-refractivity contribution in [1.82, 2.24) is 15.5 Å². The topological polar surface area (TPSA) is 51.0 Å². The standard InChI is InChI=1S/C16H29N3O/c1-11-7-6-8-13(9-11)10-17-12(2)14-18-15(19-20-14)16(3,4)5/h11-13,17H,6-10H2,1-5H3. The summed E-state index contributed by atoms with van der Waals surface area (Å²) >= 11 is 0. The van der Waals surface area contributed by atoms with Gasteiger partial charge in [-0.3, -0.25) is 0 Å². The van der Waals surface area contributed by atoms with Crippen molar-refractivity contribution in [2.24, 2.45) is 11.8 Å².